The van der Waals surface area contributed by atoms with Crippen LogP contribution in [0, 0.1) is 5.92 Å². The average Bonchev–Trinajstić information content (AvgIpc) is 3.58. The molecule has 36 heavy (non-hydrogen) atoms. The van der Waals surface area contributed by atoms with Crippen molar-refractivity contribution in [2.75, 3.05) is 0 Å². The molecule has 2 saturated heterocycles. The predicted octanol–water partition coefficient (Wildman–Crippen LogP) is 7.33. The van der Waals surface area contributed by atoms with Crippen molar-refractivity contribution in [3.05, 3.63) is 39.6 Å². The lowest BCUT2D eigenvalue weighted by atomic mass is 9.95. The maximum absolute atomic E-state index is 13.2. The van der Waals surface area contributed by atoms with Gasteiger partial charge in [0.15, 0.2) is 0 Å². The number of urea groups is 1. The summed E-state index contributed by atoms with van der Waals surface area (Å²) in [6, 6.07) is 6.40. The number of nitrogens with zero attached hydrogens (tertiary/aromatic N) is 2. The van der Waals surface area contributed by atoms with Crippen molar-refractivity contribution in [2.45, 2.75) is 108 Å². The predicted molar refractivity (Wildman–Crippen MR) is 140 cm³/mol. The van der Waals surface area contributed by atoms with Gasteiger partial charge in [0.2, 0.25) is 0 Å². The molecule has 2 unspecified atom stereocenters. The van der Waals surface area contributed by atoms with Gasteiger partial charge < -0.3 is 19.5 Å². The van der Waals surface area contributed by atoms with E-state index in [9.17, 15) is 4.79 Å². The molecule has 6 nitrogen and oxygen atoms in total. The molecule has 4 fully saturated rings. The molecule has 4 aliphatic rings. The number of carbonyl (C=O) groups is 1. The van der Waals surface area contributed by atoms with E-state index in [1.807, 2.05) is 18.2 Å². The summed E-state index contributed by atoms with van der Waals surface area (Å²) in [6.07, 6.45) is 11.0. The minimum absolute atomic E-state index is 0.0974. The highest BCUT2D eigenvalue weighted by Crippen LogP contribution is 2.47. The van der Waals surface area contributed by atoms with Gasteiger partial charge in [0.05, 0.1) is 22.8 Å². The van der Waals surface area contributed by atoms with Crippen molar-refractivity contribution in [1.82, 2.24) is 15.4 Å². The molecule has 0 spiro atoms. The number of fused-ring (bicyclic) bond motifs is 2. The number of hydrogen-bond donors (Lipinski definition) is 1. The molecule has 0 radical (unpaired) electrons. The van der Waals surface area contributed by atoms with Crippen LogP contribution in [0.15, 0.2) is 22.7 Å². The zero-order chi connectivity index (χ0) is 24.8. The van der Waals surface area contributed by atoms with Gasteiger partial charge in [0, 0.05) is 35.2 Å². The Morgan fingerprint density at radius 2 is 1.86 bits per heavy atom. The second-order valence-electron chi connectivity index (χ2n) is 11.3. The Morgan fingerprint density at radius 1 is 1.11 bits per heavy atom. The molecule has 2 aliphatic carbocycles. The normalized spacial score (nSPS) is 28.5. The summed E-state index contributed by atoms with van der Waals surface area (Å²) >= 11 is 13.0. The first-order chi connectivity index (χ1) is 17.5. The number of amides is 2. The highest BCUT2D eigenvalue weighted by molar-refractivity contribution is 6.39. The molecule has 8 heteroatoms. The summed E-state index contributed by atoms with van der Waals surface area (Å²) in [5.74, 6) is 1.78. The van der Waals surface area contributed by atoms with Crippen LogP contribution in [0.5, 0.6) is 0 Å². The molecule has 1 aromatic carbocycles. The number of hydrogen-bond acceptors (Lipinski definition) is 4. The van der Waals surface area contributed by atoms with Crippen LogP contribution in [0.1, 0.15) is 88.4 Å². The largest absolute Gasteiger partial charge is 0.373 e. The second kappa shape index (κ2) is 10.2. The Balaban J connectivity index is 1.16. The number of halogens is 2. The maximum Gasteiger partial charge on any atom is 0.318 e. The Morgan fingerprint density at radius 3 is 2.56 bits per heavy atom. The smallest absolute Gasteiger partial charge is 0.318 e. The molecule has 3 heterocycles. The van der Waals surface area contributed by atoms with Gasteiger partial charge in [-0.3, -0.25) is 0 Å². The van der Waals surface area contributed by atoms with E-state index in [0.29, 0.717) is 45.8 Å². The molecule has 2 aromatic rings. The van der Waals surface area contributed by atoms with Crippen LogP contribution in [-0.2, 0) is 11.3 Å². The standard InChI is InChI=1S/C28H35Cl2N3O3/c1-16-12-19-13-20(14-24(16)33(19)28(34)31-18-6-3-2-4-7-18)35-15-21-26(32-36-27(21)17-10-11-17)25-22(29)8-5-9-23(25)30/h5,8-9,16-20,24H,2-4,6-7,10-15H2,1H3,(H,31,34)/t16-,19?,20+,24?/m1/s1. The molecule has 2 bridgehead atoms. The van der Waals surface area contributed by atoms with Crippen molar-refractivity contribution in [1.29, 1.82) is 0 Å². The van der Waals surface area contributed by atoms with E-state index < -0.39 is 0 Å². The molecule has 2 aliphatic heterocycles. The summed E-state index contributed by atoms with van der Waals surface area (Å²) in [4.78, 5) is 15.4. The van der Waals surface area contributed by atoms with Gasteiger partial charge in [0.25, 0.3) is 0 Å². The third kappa shape index (κ3) is 4.77. The van der Waals surface area contributed by atoms with Crippen molar-refractivity contribution in [2.24, 2.45) is 5.92 Å². The fourth-order valence-electron chi connectivity index (χ4n) is 6.67. The van der Waals surface area contributed by atoms with Gasteiger partial charge >= 0.3 is 6.03 Å². The number of benzene rings is 1. The van der Waals surface area contributed by atoms with E-state index in [2.05, 4.69) is 22.3 Å². The van der Waals surface area contributed by atoms with Crippen LogP contribution in [0.4, 0.5) is 4.79 Å². The summed E-state index contributed by atoms with van der Waals surface area (Å²) in [5.41, 5.74) is 2.36. The summed E-state index contributed by atoms with van der Waals surface area (Å²) in [7, 11) is 0. The highest BCUT2D eigenvalue weighted by Gasteiger charge is 2.48. The summed E-state index contributed by atoms with van der Waals surface area (Å²) < 4.78 is 12.4. The Labute approximate surface area is 223 Å². The number of carbonyl (C=O) groups excluding carboxylic acids is 1. The summed E-state index contributed by atoms with van der Waals surface area (Å²) in [6.45, 7) is 2.69. The zero-order valence-corrected chi connectivity index (χ0v) is 22.4. The van der Waals surface area contributed by atoms with Gasteiger partial charge in [-0.2, -0.15) is 0 Å². The van der Waals surface area contributed by atoms with Crippen LogP contribution in [-0.4, -0.2) is 40.3 Å². The first-order valence-electron chi connectivity index (χ1n) is 13.6. The quantitative estimate of drug-likeness (QED) is 0.423. The van der Waals surface area contributed by atoms with Crippen LogP contribution >= 0.6 is 23.2 Å². The van der Waals surface area contributed by atoms with Gasteiger partial charge in [-0.05, 0) is 63.0 Å². The monoisotopic (exact) mass is 531 g/mol. The number of nitrogens with one attached hydrogen (secondary N) is 1. The summed E-state index contributed by atoms with van der Waals surface area (Å²) in [5, 5.41) is 8.85. The molecule has 2 saturated carbocycles. The molecule has 6 rings (SSSR count). The van der Waals surface area contributed by atoms with Crippen molar-refractivity contribution < 1.29 is 14.1 Å². The second-order valence-corrected chi connectivity index (χ2v) is 12.1. The number of piperidine rings is 1. The molecule has 1 aromatic heterocycles. The van der Waals surface area contributed by atoms with Crippen molar-refractivity contribution in [3.63, 3.8) is 0 Å². The van der Waals surface area contributed by atoms with E-state index in [1.165, 1.54) is 19.3 Å². The Kier molecular flexibility index (Phi) is 6.95. The van der Waals surface area contributed by atoms with Crippen LogP contribution < -0.4 is 5.32 Å². The van der Waals surface area contributed by atoms with Crippen LogP contribution in [0.3, 0.4) is 0 Å². The SMILES string of the molecule is C[C@@H]1CC2C[C@H](OCc3c(-c4c(Cl)cccc4Cl)noc3C3CC3)CC1N2C(=O)NC1CCCCC1. The van der Waals surface area contributed by atoms with E-state index >= 15 is 0 Å². The first-order valence-corrected chi connectivity index (χ1v) is 14.4. The van der Waals surface area contributed by atoms with E-state index in [4.69, 9.17) is 32.5 Å². The van der Waals surface area contributed by atoms with Crippen LogP contribution in [0.2, 0.25) is 10.0 Å². The fraction of sp³-hybridized carbons (Fsp3) is 0.643. The molecule has 194 valence electrons. The average molecular weight is 533 g/mol. The number of rotatable bonds is 6. The minimum atomic E-state index is 0.0974. The van der Waals surface area contributed by atoms with Crippen LogP contribution in [0.25, 0.3) is 11.3 Å². The van der Waals surface area contributed by atoms with Crippen molar-refractivity contribution >= 4 is 29.2 Å². The Hall–Kier alpha value is -1.76. The zero-order valence-electron chi connectivity index (χ0n) is 20.8. The highest BCUT2D eigenvalue weighted by atomic mass is 35.5. The van der Waals surface area contributed by atoms with E-state index in [-0.39, 0.29) is 24.2 Å². The first kappa shape index (κ1) is 24.6. The lowest BCUT2D eigenvalue weighted by Crippen LogP contribution is -2.55. The maximum atomic E-state index is 13.2. The third-order valence-corrected chi connectivity index (χ3v) is 9.32. The van der Waals surface area contributed by atoms with E-state index in [1.54, 1.807) is 0 Å². The van der Waals surface area contributed by atoms with E-state index in [0.717, 1.165) is 56.3 Å². The molecular formula is C28H35Cl2N3O3. The molecule has 2 amide bonds. The lowest BCUT2D eigenvalue weighted by Gasteiger charge is -2.40. The fourth-order valence-corrected chi connectivity index (χ4v) is 7.24. The number of ether oxygens (including phenoxy) is 1. The topological polar surface area (TPSA) is 67.6 Å². The van der Waals surface area contributed by atoms with Crippen molar-refractivity contribution in [3.8, 4) is 11.3 Å². The van der Waals surface area contributed by atoms with Gasteiger partial charge in [-0.15, -0.1) is 0 Å². The molecule has 4 atom stereocenters. The lowest BCUT2D eigenvalue weighted by molar-refractivity contribution is -0.0198. The van der Waals surface area contributed by atoms with Gasteiger partial charge in [-0.25, -0.2) is 4.79 Å². The van der Waals surface area contributed by atoms with Gasteiger partial charge in [-0.1, -0.05) is 60.6 Å². The third-order valence-electron chi connectivity index (χ3n) is 8.69. The van der Waals surface area contributed by atoms with Gasteiger partial charge in [0.1, 0.15) is 11.5 Å². The Bertz CT molecular complexity index is 1090. The number of aromatic nitrogens is 1. The molecule has 1 N–H and O–H groups in total. The molecular weight excluding hydrogens is 497 g/mol. The minimum Gasteiger partial charge on any atom is -0.373 e.